The topological polar surface area (TPSA) is 9.23 Å². The molecule has 0 spiro atoms. The van der Waals surface area contributed by atoms with Crippen LogP contribution in [0.3, 0.4) is 0 Å². The third-order valence-corrected chi connectivity index (χ3v) is 6.04. The van der Waals surface area contributed by atoms with Gasteiger partial charge in [-0.3, -0.25) is 0 Å². The van der Waals surface area contributed by atoms with Crippen LogP contribution in [0.1, 0.15) is 12.5 Å². The van der Waals surface area contributed by atoms with Gasteiger partial charge in [0, 0.05) is 0 Å². The van der Waals surface area contributed by atoms with E-state index in [1.54, 1.807) is 5.20 Å². The SMILES string of the molecule is CC1=C(Cc2ccccc2)[Si](C)(C)OC1. The molecule has 0 saturated heterocycles. The number of hydrogen-bond donors (Lipinski definition) is 0. The van der Waals surface area contributed by atoms with E-state index in [4.69, 9.17) is 4.43 Å². The van der Waals surface area contributed by atoms with Crippen molar-refractivity contribution in [2.45, 2.75) is 26.4 Å². The fraction of sp³-hybridized carbons (Fsp3) is 0.385. The van der Waals surface area contributed by atoms with Crippen LogP contribution in [0.5, 0.6) is 0 Å². The van der Waals surface area contributed by atoms with Gasteiger partial charge in [0.1, 0.15) is 0 Å². The van der Waals surface area contributed by atoms with Gasteiger partial charge < -0.3 is 4.43 Å². The zero-order valence-electron chi connectivity index (χ0n) is 9.71. The Labute approximate surface area is 92.9 Å². The van der Waals surface area contributed by atoms with Crippen molar-refractivity contribution in [2.24, 2.45) is 0 Å². The van der Waals surface area contributed by atoms with Gasteiger partial charge >= 0.3 is 0 Å². The average Bonchev–Trinajstić information content (AvgIpc) is 2.47. The van der Waals surface area contributed by atoms with Gasteiger partial charge in [0.05, 0.1) is 6.61 Å². The summed E-state index contributed by atoms with van der Waals surface area (Å²) in [6.07, 6.45) is 1.08. The van der Waals surface area contributed by atoms with E-state index in [1.165, 1.54) is 11.1 Å². The van der Waals surface area contributed by atoms with Crippen LogP contribution >= 0.6 is 0 Å². The highest BCUT2D eigenvalue weighted by Crippen LogP contribution is 2.30. The Morgan fingerprint density at radius 2 is 1.87 bits per heavy atom. The molecule has 0 N–H and O–H groups in total. The molecule has 0 amide bonds. The molecule has 1 heterocycles. The minimum atomic E-state index is -1.54. The van der Waals surface area contributed by atoms with E-state index in [9.17, 15) is 0 Å². The largest absolute Gasteiger partial charge is 0.409 e. The Morgan fingerprint density at radius 3 is 2.40 bits per heavy atom. The molecule has 0 fully saturated rings. The van der Waals surface area contributed by atoms with E-state index >= 15 is 0 Å². The van der Waals surface area contributed by atoms with E-state index in [-0.39, 0.29) is 0 Å². The van der Waals surface area contributed by atoms with E-state index in [1.807, 2.05) is 0 Å². The van der Waals surface area contributed by atoms with Gasteiger partial charge in [0.2, 0.25) is 8.32 Å². The van der Waals surface area contributed by atoms with E-state index < -0.39 is 8.32 Å². The quantitative estimate of drug-likeness (QED) is 0.692. The Kier molecular flexibility index (Phi) is 2.80. The van der Waals surface area contributed by atoms with Crippen molar-refractivity contribution in [2.75, 3.05) is 6.61 Å². The summed E-state index contributed by atoms with van der Waals surface area (Å²) in [6.45, 7) is 7.64. The molecule has 15 heavy (non-hydrogen) atoms. The lowest BCUT2D eigenvalue weighted by Gasteiger charge is -2.19. The highest BCUT2D eigenvalue weighted by atomic mass is 28.4. The van der Waals surface area contributed by atoms with Crippen molar-refractivity contribution in [3.05, 3.63) is 46.7 Å². The van der Waals surface area contributed by atoms with Crippen molar-refractivity contribution in [3.8, 4) is 0 Å². The van der Waals surface area contributed by atoms with Crippen LogP contribution in [0.15, 0.2) is 41.1 Å². The van der Waals surface area contributed by atoms with Gasteiger partial charge in [-0.15, -0.1) is 0 Å². The third kappa shape index (κ3) is 2.21. The maximum absolute atomic E-state index is 5.90. The van der Waals surface area contributed by atoms with Gasteiger partial charge in [0.15, 0.2) is 0 Å². The first-order valence-electron chi connectivity index (χ1n) is 5.46. The zero-order valence-corrected chi connectivity index (χ0v) is 10.7. The first kappa shape index (κ1) is 10.6. The number of hydrogen-bond acceptors (Lipinski definition) is 1. The molecule has 1 aliphatic rings. The smallest absolute Gasteiger partial charge is 0.215 e. The predicted molar refractivity (Wildman–Crippen MR) is 66.3 cm³/mol. The highest BCUT2D eigenvalue weighted by Gasteiger charge is 2.34. The summed E-state index contributed by atoms with van der Waals surface area (Å²) in [5.74, 6) is 0. The molecule has 2 rings (SSSR count). The van der Waals surface area contributed by atoms with Gasteiger partial charge in [-0.2, -0.15) is 0 Å². The summed E-state index contributed by atoms with van der Waals surface area (Å²) < 4.78 is 5.90. The molecule has 0 radical (unpaired) electrons. The minimum absolute atomic E-state index is 0.849. The zero-order chi connectivity index (χ0) is 10.9. The Balaban J connectivity index is 2.22. The van der Waals surface area contributed by atoms with Crippen LogP contribution in [0.25, 0.3) is 0 Å². The average molecular weight is 218 g/mol. The molecule has 0 unspecified atom stereocenters. The highest BCUT2D eigenvalue weighted by molar-refractivity contribution is 6.79. The minimum Gasteiger partial charge on any atom is -0.409 e. The summed E-state index contributed by atoms with van der Waals surface area (Å²) in [4.78, 5) is 0. The van der Waals surface area contributed by atoms with Crippen molar-refractivity contribution in [1.29, 1.82) is 0 Å². The van der Waals surface area contributed by atoms with Crippen LogP contribution in [-0.2, 0) is 10.8 Å². The van der Waals surface area contributed by atoms with Gasteiger partial charge in [0.25, 0.3) is 0 Å². The van der Waals surface area contributed by atoms with Crippen LogP contribution in [0.2, 0.25) is 13.1 Å². The summed E-state index contributed by atoms with van der Waals surface area (Å²) in [6, 6.07) is 10.7. The van der Waals surface area contributed by atoms with Crippen molar-refractivity contribution in [1.82, 2.24) is 0 Å². The third-order valence-electron chi connectivity index (χ3n) is 3.12. The van der Waals surface area contributed by atoms with Crippen LogP contribution < -0.4 is 0 Å². The number of rotatable bonds is 2. The van der Waals surface area contributed by atoms with Gasteiger partial charge in [-0.05, 0) is 37.2 Å². The molecule has 0 atom stereocenters. The molecule has 2 heteroatoms. The Morgan fingerprint density at radius 1 is 1.20 bits per heavy atom. The molecule has 0 bridgehead atoms. The van der Waals surface area contributed by atoms with E-state index in [0.29, 0.717) is 0 Å². The van der Waals surface area contributed by atoms with Crippen molar-refractivity contribution in [3.63, 3.8) is 0 Å². The second-order valence-corrected chi connectivity index (χ2v) is 8.63. The molecule has 1 nitrogen and oxygen atoms in total. The summed E-state index contributed by atoms with van der Waals surface area (Å²) in [5, 5.41) is 1.58. The standard InChI is InChI=1S/C13H18OSi/c1-11-10-14-15(2,3)13(11)9-12-7-5-4-6-8-12/h4-8H,9-10H2,1-3H3. The van der Waals surface area contributed by atoms with E-state index in [2.05, 4.69) is 50.3 Å². The first-order chi connectivity index (χ1) is 7.09. The molecular weight excluding hydrogens is 200 g/mol. The van der Waals surface area contributed by atoms with Crippen LogP contribution in [0, 0.1) is 0 Å². The second-order valence-electron chi connectivity index (χ2n) is 4.72. The molecule has 1 aromatic rings. The summed E-state index contributed by atoms with van der Waals surface area (Å²) in [5.41, 5.74) is 2.86. The van der Waals surface area contributed by atoms with Gasteiger partial charge in [-0.25, -0.2) is 0 Å². The summed E-state index contributed by atoms with van der Waals surface area (Å²) in [7, 11) is -1.54. The Hall–Kier alpha value is -0.863. The maximum Gasteiger partial charge on any atom is 0.215 e. The second kappa shape index (κ2) is 3.95. The predicted octanol–water partition coefficient (Wildman–Crippen LogP) is 3.32. The lowest BCUT2D eigenvalue weighted by Crippen LogP contribution is -2.30. The summed E-state index contributed by atoms with van der Waals surface area (Å²) >= 11 is 0. The molecular formula is C13H18OSi. The molecule has 0 aromatic heterocycles. The molecule has 80 valence electrons. The normalized spacial score (nSPS) is 19.7. The molecule has 0 aliphatic carbocycles. The lowest BCUT2D eigenvalue weighted by molar-refractivity contribution is 0.365. The first-order valence-corrected chi connectivity index (χ1v) is 8.37. The van der Waals surface area contributed by atoms with E-state index in [0.717, 1.165) is 13.0 Å². The van der Waals surface area contributed by atoms with Crippen molar-refractivity contribution >= 4 is 8.32 Å². The Bertz CT molecular complexity index is 379. The number of allylic oxidation sites excluding steroid dienone is 1. The maximum atomic E-state index is 5.90. The van der Waals surface area contributed by atoms with Crippen LogP contribution in [0.4, 0.5) is 0 Å². The molecule has 0 saturated carbocycles. The van der Waals surface area contributed by atoms with Crippen molar-refractivity contribution < 1.29 is 4.43 Å². The fourth-order valence-electron chi connectivity index (χ4n) is 2.14. The number of benzene rings is 1. The monoisotopic (exact) mass is 218 g/mol. The lowest BCUT2D eigenvalue weighted by atomic mass is 10.1. The van der Waals surface area contributed by atoms with Crippen LogP contribution in [-0.4, -0.2) is 14.9 Å². The molecule has 1 aliphatic heterocycles. The molecule has 1 aromatic carbocycles. The van der Waals surface area contributed by atoms with Gasteiger partial charge in [-0.1, -0.05) is 35.9 Å². The fourth-order valence-corrected chi connectivity index (χ4v) is 4.62.